The Bertz CT molecular complexity index is 943. The summed E-state index contributed by atoms with van der Waals surface area (Å²) in [5, 5.41) is 12.9. The van der Waals surface area contributed by atoms with E-state index >= 15 is 0 Å². The molecule has 2 atom stereocenters. The van der Waals surface area contributed by atoms with Crippen molar-refractivity contribution >= 4 is 34.8 Å². The molecular weight excluding hydrogens is 369 g/mol. The molecule has 1 unspecified atom stereocenters. The number of nitrogens with one attached hydrogen (secondary N) is 1. The van der Waals surface area contributed by atoms with E-state index in [0.29, 0.717) is 33.4 Å². The summed E-state index contributed by atoms with van der Waals surface area (Å²) >= 11 is 6.18. The first kappa shape index (κ1) is 19.0. The molecule has 3 rings (SSSR count). The van der Waals surface area contributed by atoms with Crippen LogP contribution in [0, 0.1) is 11.7 Å². The number of carboxylic acids is 1. The maximum Gasteiger partial charge on any atom is 0.303 e. The quantitative estimate of drug-likeness (QED) is 0.823. The molecule has 140 valence electrons. The van der Waals surface area contributed by atoms with Gasteiger partial charge >= 0.3 is 5.97 Å². The van der Waals surface area contributed by atoms with Gasteiger partial charge in [0.1, 0.15) is 17.7 Å². The van der Waals surface area contributed by atoms with Gasteiger partial charge in [0.05, 0.1) is 12.1 Å². The van der Waals surface area contributed by atoms with Crippen LogP contribution in [-0.4, -0.2) is 35.7 Å². The van der Waals surface area contributed by atoms with Crippen LogP contribution >= 0.6 is 11.6 Å². The highest BCUT2D eigenvalue weighted by molar-refractivity contribution is 6.32. The monoisotopic (exact) mass is 387 g/mol. The topological polar surface area (TPSA) is 74.0 Å². The van der Waals surface area contributed by atoms with Crippen molar-refractivity contribution in [2.24, 2.45) is 15.9 Å². The second-order valence-electron chi connectivity index (χ2n) is 6.40. The van der Waals surface area contributed by atoms with Crippen molar-refractivity contribution in [3.05, 3.63) is 64.4 Å². The third kappa shape index (κ3) is 4.01. The van der Waals surface area contributed by atoms with E-state index in [0.717, 1.165) is 0 Å². The summed E-state index contributed by atoms with van der Waals surface area (Å²) in [5.41, 5.74) is 2.07. The zero-order valence-electron chi connectivity index (χ0n) is 14.9. The molecule has 1 aliphatic rings. The lowest BCUT2D eigenvalue weighted by Crippen LogP contribution is -2.33. The number of fused-ring (bicyclic) bond motifs is 1. The van der Waals surface area contributed by atoms with Crippen LogP contribution in [0.1, 0.15) is 24.5 Å². The Morgan fingerprint density at radius 3 is 2.74 bits per heavy atom. The lowest BCUT2D eigenvalue weighted by Gasteiger charge is -2.20. The van der Waals surface area contributed by atoms with Crippen LogP contribution in [0.5, 0.6) is 0 Å². The molecule has 5 nitrogen and oxygen atoms in total. The van der Waals surface area contributed by atoms with Gasteiger partial charge in [-0.2, -0.15) is 0 Å². The first-order chi connectivity index (χ1) is 12.9. The van der Waals surface area contributed by atoms with Gasteiger partial charge in [-0.05, 0) is 36.2 Å². The standard InChI is InChI=1S/C20H19ClFN3O2/c1-11(9-17(26)27)18-20(23-2)24-16-8-7-12(21)10-14(16)19(25-18)13-5-3-4-6-15(13)22/h3-8,10-11,18H,9H2,1-2H3,(H,23,24)(H,26,27)/t11?,18-/m0/s1. The Morgan fingerprint density at radius 2 is 2.07 bits per heavy atom. The minimum Gasteiger partial charge on any atom is -0.481 e. The highest BCUT2D eigenvalue weighted by Crippen LogP contribution is 2.30. The van der Waals surface area contributed by atoms with Gasteiger partial charge in [0.25, 0.3) is 0 Å². The maximum absolute atomic E-state index is 14.6. The third-order valence-corrected chi connectivity index (χ3v) is 4.69. The maximum atomic E-state index is 14.6. The number of nitrogens with zero attached hydrogens (tertiary/aromatic N) is 2. The molecule has 1 heterocycles. The van der Waals surface area contributed by atoms with Crippen LogP contribution in [0.25, 0.3) is 0 Å². The molecular formula is C20H19ClFN3O2. The minimum atomic E-state index is -0.926. The summed E-state index contributed by atoms with van der Waals surface area (Å²) in [6.07, 6.45) is -0.0868. The van der Waals surface area contributed by atoms with Gasteiger partial charge in [-0.15, -0.1) is 0 Å². The average Bonchev–Trinajstić information content (AvgIpc) is 2.78. The van der Waals surface area contributed by atoms with Crippen molar-refractivity contribution in [1.29, 1.82) is 0 Å². The largest absolute Gasteiger partial charge is 0.481 e. The van der Waals surface area contributed by atoms with E-state index in [4.69, 9.17) is 16.6 Å². The fourth-order valence-electron chi connectivity index (χ4n) is 3.14. The smallest absolute Gasteiger partial charge is 0.303 e. The summed E-state index contributed by atoms with van der Waals surface area (Å²) in [6.45, 7) is 1.79. The van der Waals surface area contributed by atoms with Gasteiger partial charge in [-0.3, -0.25) is 14.8 Å². The predicted octanol–water partition coefficient (Wildman–Crippen LogP) is 4.25. The lowest BCUT2D eigenvalue weighted by atomic mass is 9.96. The van der Waals surface area contributed by atoms with Crippen LogP contribution in [-0.2, 0) is 4.79 Å². The number of benzene rings is 2. The first-order valence-corrected chi connectivity index (χ1v) is 8.86. The van der Waals surface area contributed by atoms with Gasteiger partial charge in [-0.1, -0.05) is 30.7 Å². The number of hydrogen-bond acceptors (Lipinski definition) is 3. The number of carboxylic acid groups (broad SMARTS) is 1. The summed E-state index contributed by atoms with van der Waals surface area (Å²) in [5.74, 6) is -1.16. The molecule has 0 bridgehead atoms. The molecule has 7 heteroatoms. The normalized spacial score (nSPS) is 18.9. The molecule has 27 heavy (non-hydrogen) atoms. The lowest BCUT2D eigenvalue weighted by molar-refractivity contribution is -0.138. The number of amidine groups is 1. The van der Waals surface area contributed by atoms with Crippen molar-refractivity contribution < 1.29 is 14.3 Å². The second-order valence-corrected chi connectivity index (χ2v) is 6.84. The van der Waals surface area contributed by atoms with Crippen molar-refractivity contribution in [3.63, 3.8) is 0 Å². The van der Waals surface area contributed by atoms with E-state index in [1.165, 1.54) is 6.07 Å². The second kappa shape index (κ2) is 7.88. The summed E-state index contributed by atoms with van der Waals surface area (Å²) < 4.78 is 14.6. The van der Waals surface area contributed by atoms with Crippen molar-refractivity contribution in [2.45, 2.75) is 19.4 Å². The van der Waals surface area contributed by atoms with Crippen molar-refractivity contribution in [1.82, 2.24) is 0 Å². The molecule has 2 aromatic carbocycles. The van der Waals surface area contributed by atoms with E-state index < -0.39 is 17.8 Å². The number of carbonyl (C=O) groups is 1. The van der Waals surface area contributed by atoms with Crippen molar-refractivity contribution in [2.75, 3.05) is 12.4 Å². The minimum absolute atomic E-state index is 0.0868. The van der Waals surface area contributed by atoms with Gasteiger partial charge in [-0.25, -0.2) is 4.39 Å². The van der Waals surface area contributed by atoms with E-state index in [2.05, 4.69) is 10.3 Å². The van der Waals surface area contributed by atoms with Gasteiger partial charge < -0.3 is 10.4 Å². The van der Waals surface area contributed by atoms with Gasteiger partial charge in [0, 0.05) is 28.9 Å². The number of rotatable bonds is 4. The Hall–Kier alpha value is -2.73. The molecule has 0 aromatic heterocycles. The zero-order chi connectivity index (χ0) is 19.6. The van der Waals surface area contributed by atoms with Crippen LogP contribution < -0.4 is 5.32 Å². The fourth-order valence-corrected chi connectivity index (χ4v) is 3.32. The van der Waals surface area contributed by atoms with E-state index in [9.17, 15) is 14.3 Å². The fraction of sp³-hybridized carbons (Fsp3) is 0.250. The van der Waals surface area contributed by atoms with Crippen molar-refractivity contribution in [3.8, 4) is 0 Å². The average molecular weight is 388 g/mol. The molecule has 1 aliphatic heterocycles. The predicted molar refractivity (Wildman–Crippen MR) is 106 cm³/mol. The van der Waals surface area contributed by atoms with Crippen LogP contribution in [0.3, 0.4) is 0 Å². The Kier molecular flexibility index (Phi) is 5.56. The molecule has 0 saturated carbocycles. The molecule has 2 N–H and O–H groups in total. The Balaban J connectivity index is 2.23. The third-order valence-electron chi connectivity index (χ3n) is 4.45. The number of anilines is 1. The van der Waals surface area contributed by atoms with E-state index in [1.54, 1.807) is 50.4 Å². The van der Waals surface area contributed by atoms with Gasteiger partial charge in [0.2, 0.25) is 0 Å². The number of hydrogen-bond donors (Lipinski definition) is 2. The first-order valence-electron chi connectivity index (χ1n) is 8.48. The highest BCUT2D eigenvalue weighted by Gasteiger charge is 2.30. The van der Waals surface area contributed by atoms with Crippen LogP contribution in [0.4, 0.5) is 10.1 Å². The number of aliphatic carboxylic acids is 1. The SMILES string of the molecule is CN=C1Nc2ccc(Cl)cc2C(c2ccccc2F)=N[C@H]1C(C)CC(=O)O. The molecule has 0 radical (unpaired) electrons. The van der Waals surface area contributed by atoms with Crippen LogP contribution in [0.15, 0.2) is 52.4 Å². The summed E-state index contributed by atoms with van der Waals surface area (Å²) in [6, 6.07) is 11.0. The van der Waals surface area contributed by atoms with Gasteiger partial charge in [0.15, 0.2) is 0 Å². The molecule has 0 fully saturated rings. The summed E-state index contributed by atoms with van der Waals surface area (Å²) in [4.78, 5) is 20.2. The molecule has 2 aromatic rings. The molecule has 0 saturated heterocycles. The molecule has 0 amide bonds. The Labute approximate surface area is 161 Å². The summed E-state index contributed by atoms with van der Waals surface area (Å²) in [7, 11) is 1.61. The number of benzodiazepines with no additional fused rings is 1. The highest BCUT2D eigenvalue weighted by atomic mass is 35.5. The van der Waals surface area contributed by atoms with Crippen LogP contribution in [0.2, 0.25) is 5.02 Å². The Morgan fingerprint density at radius 1 is 1.33 bits per heavy atom. The number of halogens is 2. The zero-order valence-corrected chi connectivity index (χ0v) is 15.7. The number of aliphatic imine (C=N–C) groups is 2. The van der Waals surface area contributed by atoms with E-state index in [-0.39, 0.29) is 12.3 Å². The molecule has 0 spiro atoms. The molecule has 0 aliphatic carbocycles. The van der Waals surface area contributed by atoms with E-state index in [1.807, 2.05) is 0 Å².